The Balaban J connectivity index is 2.68. The monoisotopic (exact) mass is 245 g/mol. The fraction of sp³-hybridized carbons (Fsp3) is 0.300. The van der Waals surface area contributed by atoms with Gasteiger partial charge in [-0.05, 0) is 18.2 Å². The Labute approximate surface area is 99.2 Å². The van der Waals surface area contributed by atoms with Crippen LogP contribution in [0, 0.1) is 0 Å². The molecule has 0 heterocycles. The van der Waals surface area contributed by atoms with Crippen LogP contribution in [0.25, 0.3) is 0 Å². The average molecular weight is 246 g/mol. The quantitative estimate of drug-likeness (QED) is 0.629. The molecule has 0 aliphatic rings. The van der Waals surface area contributed by atoms with Gasteiger partial charge in [0.05, 0.1) is 17.2 Å². The summed E-state index contributed by atoms with van der Waals surface area (Å²) in [6, 6.07) is 5.01. The van der Waals surface area contributed by atoms with E-state index in [4.69, 9.17) is 16.3 Å². The first-order chi connectivity index (χ1) is 7.15. The van der Waals surface area contributed by atoms with E-state index in [1.165, 1.54) is 0 Å². The number of carbonyl (C=O) groups is 1. The molecule has 15 heavy (non-hydrogen) atoms. The highest BCUT2D eigenvalue weighted by molar-refractivity contribution is 7.80. The first kappa shape index (κ1) is 12.4. The number of methoxy groups -OCH3 is 1. The van der Waals surface area contributed by atoms with Crippen LogP contribution < -0.4 is 5.32 Å². The molecule has 0 saturated heterocycles. The Morgan fingerprint density at radius 3 is 3.00 bits per heavy atom. The van der Waals surface area contributed by atoms with Gasteiger partial charge >= 0.3 is 0 Å². The first-order valence-corrected chi connectivity index (χ1v) is 5.23. The fourth-order valence-electron chi connectivity index (χ4n) is 1.05. The van der Waals surface area contributed by atoms with Crippen LogP contribution in [0.15, 0.2) is 23.1 Å². The highest BCUT2D eigenvalue weighted by atomic mass is 35.5. The molecule has 0 atom stereocenters. The van der Waals surface area contributed by atoms with Gasteiger partial charge in [-0.2, -0.15) is 0 Å². The maximum absolute atomic E-state index is 11.6. The molecule has 5 heteroatoms. The predicted octanol–water partition coefficient (Wildman–Crippen LogP) is 2.00. The number of ether oxygens (including phenoxy) is 1. The van der Waals surface area contributed by atoms with E-state index in [-0.39, 0.29) is 5.91 Å². The molecule has 0 unspecified atom stereocenters. The van der Waals surface area contributed by atoms with Gasteiger partial charge in [-0.25, -0.2) is 0 Å². The summed E-state index contributed by atoms with van der Waals surface area (Å²) in [5, 5.41) is 3.10. The van der Waals surface area contributed by atoms with Crippen molar-refractivity contribution in [1.29, 1.82) is 0 Å². The van der Waals surface area contributed by atoms with Crippen molar-refractivity contribution in [3.63, 3.8) is 0 Å². The first-order valence-electron chi connectivity index (χ1n) is 4.41. The molecule has 0 radical (unpaired) electrons. The molecule has 0 aliphatic heterocycles. The minimum absolute atomic E-state index is 0.215. The van der Waals surface area contributed by atoms with Gasteiger partial charge in [0.1, 0.15) is 0 Å². The number of hydrogen-bond acceptors (Lipinski definition) is 3. The summed E-state index contributed by atoms with van der Waals surface area (Å²) in [5.41, 5.74) is 0.431. The van der Waals surface area contributed by atoms with Gasteiger partial charge in [-0.1, -0.05) is 11.6 Å². The third-order valence-electron chi connectivity index (χ3n) is 1.79. The molecule has 1 N–H and O–H groups in total. The van der Waals surface area contributed by atoms with Gasteiger partial charge < -0.3 is 10.1 Å². The molecule has 0 saturated carbocycles. The molecule has 0 bridgehead atoms. The van der Waals surface area contributed by atoms with Crippen molar-refractivity contribution in [2.75, 3.05) is 20.3 Å². The van der Waals surface area contributed by atoms with Crippen molar-refractivity contribution in [2.45, 2.75) is 4.90 Å². The molecule has 1 rings (SSSR count). The molecule has 1 aromatic rings. The van der Waals surface area contributed by atoms with Crippen LogP contribution >= 0.6 is 24.2 Å². The lowest BCUT2D eigenvalue weighted by Crippen LogP contribution is -2.27. The van der Waals surface area contributed by atoms with E-state index in [2.05, 4.69) is 17.9 Å². The molecule has 0 spiro atoms. The van der Waals surface area contributed by atoms with Gasteiger partial charge in [0, 0.05) is 18.6 Å². The van der Waals surface area contributed by atoms with Crippen LogP contribution in [0.2, 0.25) is 5.02 Å². The third kappa shape index (κ3) is 3.74. The summed E-state index contributed by atoms with van der Waals surface area (Å²) in [5.74, 6) is -0.215. The summed E-state index contributed by atoms with van der Waals surface area (Å²) in [6.45, 7) is 0.937. The lowest BCUT2D eigenvalue weighted by molar-refractivity contribution is 0.0937. The number of halogens is 1. The topological polar surface area (TPSA) is 38.3 Å². The molecule has 0 fully saturated rings. The summed E-state index contributed by atoms with van der Waals surface area (Å²) in [7, 11) is 1.58. The van der Waals surface area contributed by atoms with E-state index in [0.717, 1.165) is 0 Å². The summed E-state index contributed by atoms with van der Waals surface area (Å²) in [6.07, 6.45) is 0. The highest BCUT2D eigenvalue weighted by Gasteiger charge is 2.09. The Morgan fingerprint density at radius 1 is 1.60 bits per heavy atom. The molecule has 0 aromatic heterocycles. The molecule has 1 aromatic carbocycles. The van der Waals surface area contributed by atoms with Crippen LogP contribution in [0.4, 0.5) is 0 Å². The van der Waals surface area contributed by atoms with Crippen LogP contribution in [0.5, 0.6) is 0 Å². The normalized spacial score (nSPS) is 10.1. The summed E-state index contributed by atoms with van der Waals surface area (Å²) >= 11 is 10.0. The van der Waals surface area contributed by atoms with E-state index in [0.29, 0.717) is 28.6 Å². The summed E-state index contributed by atoms with van der Waals surface area (Å²) in [4.78, 5) is 12.3. The molecule has 1 amide bonds. The second kappa shape index (κ2) is 6.00. The minimum atomic E-state index is -0.215. The molecule has 3 nitrogen and oxygen atoms in total. The van der Waals surface area contributed by atoms with E-state index >= 15 is 0 Å². The van der Waals surface area contributed by atoms with Gasteiger partial charge in [0.2, 0.25) is 0 Å². The Morgan fingerprint density at radius 2 is 2.33 bits per heavy atom. The standard InChI is InChI=1S/C10H12ClNO2S/c1-14-5-4-12-10(13)8-6-7(15)2-3-9(8)11/h2-3,6,15H,4-5H2,1H3,(H,12,13). The van der Waals surface area contributed by atoms with Crippen molar-refractivity contribution >= 4 is 30.1 Å². The lowest BCUT2D eigenvalue weighted by Gasteiger charge is -2.06. The Hall–Kier alpha value is -0.710. The number of hydrogen-bond donors (Lipinski definition) is 2. The summed E-state index contributed by atoms with van der Waals surface area (Å²) < 4.78 is 4.82. The van der Waals surface area contributed by atoms with Gasteiger partial charge in [-0.3, -0.25) is 4.79 Å². The average Bonchev–Trinajstić information content (AvgIpc) is 2.22. The molecular formula is C10H12ClNO2S. The minimum Gasteiger partial charge on any atom is -0.383 e. The Kier molecular flexibility index (Phi) is 4.94. The lowest BCUT2D eigenvalue weighted by atomic mass is 10.2. The third-order valence-corrected chi connectivity index (χ3v) is 2.39. The van der Waals surface area contributed by atoms with Crippen LogP contribution in [-0.2, 0) is 4.74 Å². The number of carbonyl (C=O) groups excluding carboxylic acids is 1. The number of amides is 1. The van der Waals surface area contributed by atoms with Crippen molar-refractivity contribution < 1.29 is 9.53 Å². The maximum Gasteiger partial charge on any atom is 0.252 e. The molecular weight excluding hydrogens is 234 g/mol. The van der Waals surface area contributed by atoms with Crippen LogP contribution in [-0.4, -0.2) is 26.2 Å². The Bertz CT molecular complexity index is 357. The van der Waals surface area contributed by atoms with Gasteiger partial charge in [-0.15, -0.1) is 12.6 Å². The number of nitrogens with one attached hydrogen (secondary N) is 1. The zero-order valence-corrected chi connectivity index (χ0v) is 9.94. The van der Waals surface area contributed by atoms with Crippen molar-refractivity contribution in [3.05, 3.63) is 28.8 Å². The largest absolute Gasteiger partial charge is 0.383 e. The van der Waals surface area contributed by atoms with Gasteiger partial charge in [0.25, 0.3) is 5.91 Å². The maximum atomic E-state index is 11.6. The number of thiol groups is 1. The van der Waals surface area contributed by atoms with E-state index in [1.54, 1.807) is 25.3 Å². The van der Waals surface area contributed by atoms with Crippen LogP contribution in [0.3, 0.4) is 0 Å². The second-order valence-corrected chi connectivity index (χ2v) is 3.84. The van der Waals surface area contributed by atoms with Gasteiger partial charge in [0.15, 0.2) is 0 Å². The number of rotatable bonds is 4. The van der Waals surface area contributed by atoms with Crippen LogP contribution in [0.1, 0.15) is 10.4 Å². The van der Waals surface area contributed by atoms with Crippen molar-refractivity contribution in [2.24, 2.45) is 0 Å². The fourth-order valence-corrected chi connectivity index (χ4v) is 1.46. The molecule has 82 valence electrons. The van der Waals surface area contributed by atoms with E-state index in [9.17, 15) is 4.79 Å². The number of benzene rings is 1. The highest BCUT2D eigenvalue weighted by Crippen LogP contribution is 2.19. The van der Waals surface area contributed by atoms with Crippen molar-refractivity contribution in [1.82, 2.24) is 5.32 Å². The van der Waals surface area contributed by atoms with Crippen molar-refractivity contribution in [3.8, 4) is 0 Å². The zero-order chi connectivity index (χ0) is 11.3. The second-order valence-electron chi connectivity index (χ2n) is 2.91. The zero-order valence-electron chi connectivity index (χ0n) is 8.29. The molecule has 0 aliphatic carbocycles. The SMILES string of the molecule is COCCNC(=O)c1cc(S)ccc1Cl. The van der Waals surface area contributed by atoms with E-state index in [1.807, 2.05) is 0 Å². The predicted molar refractivity (Wildman–Crippen MR) is 62.9 cm³/mol. The van der Waals surface area contributed by atoms with E-state index < -0.39 is 0 Å². The smallest absolute Gasteiger partial charge is 0.252 e.